The van der Waals surface area contributed by atoms with Crippen LogP contribution in [0.3, 0.4) is 0 Å². The molecule has 0 fully saturated rings. The van der Waals surface area contributed by atoms with Gasteiger partial charge in [-0.1, -0.05) is 30.3 Å². The third-order valence-electron chi connectivity index (χ3n) is 2.45. The lowest BCUT2D eigenvalue weighted by Gasteiger charge is -1.99. The Balaban J connectivity index is 1.99. The molecule has 0 saturated carbocycles. The molecule has 1 aromatic heterocycles. The number of furan rings is 1. The van der Waals surface area contributed by atoms with E-state index in [0.717, 1.165) is 18.6 Å². The smallest absolute Gasteiger partial charge is 0.106 e. The van der Waals surface area contributed by atoms with E-state index in [0.29, 0.717) is 0 Å². The van der Waals surface area contributed by atoms with E-state index in [1.54, 1.807) is 6.26 Å². The van der Waals surface area contributed by atoms with Gasteiger partial charge in [0.1, 0.15) is 5.76 Å². The maximum atomic E-state index is 5.39. The molecule has 2 aromatic rings. The molecule has 0 bridgehead atoms. The van der Waals surface area contributed by atoms with Gasteiger partial charge in [-0.3, -0.25) is 0 Å². The summed E-state index contributed by atoms with van der Waals surface area (Å²) in [5.41, 5.74) is 2.62. The molecule has 0 radical (unpaired) electrons. The summed E-state index contributed by atoms with van der Waals surface area (Å²) in [5.74, 6) is 1.11. The van der Waals surface area contributed by atoms with Crippen molar-refractivity contribution in [2.45, 2.75) is 19.8 Å². The Kier molecular flexibility index (Phi) is 2.68. The van der Waals surface area contributed by atoms with E-state index in [2.05, 4.69) is 31.2 Å². The summed E-state index contributed by atoms with van der Waals surface area (Å²) in [6.07, 6.45) is 3.80. The normalized spacial score (nSPS) is 10.4. The highest BCUT2D eigenvalue weighted by atomic mass is 16.3. The summed E-state index contributed by atoms with van der Waals surface area (Å²) in [5, 5.41) is 0. The molecule has 14 heavy (non-hydrogen) atoms. The second-order valence-electron chi connectivity index (χ2n) is 3.51. The van der Waals surface area contributed by atoms with Gasteiger partial charge in [-0.15, -0.1) is 0 Å². The molecule has 1 aromatic carbocycles. The maximum absolute atomic E-state index is 5.39. The van der Waals surface area contributed by atoms with E-state index in [9.17, 15) is 0 Å². The zero-order chi connectivity index (χ0) is 9.80. The molecule has 1 nitrogen and oxygen atoms in total. The largest absolute Gasteiger partial charge is 0.469 e. The minimum atomic E-state index is 0.989. The summed E-state index contributed by atoms with van der Waals surface area (Å²) in [4.78, 5) is 0. The number of benzene rings is 1. The van der Waals surface area contributed by atoms with Crippen LogP contribution in [0, 0.1) is 6.92 Å². The van der Waals surface area contributed by atoms with E-state index in [1.807, 2.05) is 12.1 Å². The van der Waals surface area contributed by atoms with Crippen LogP contribution in [-0.2, 0) is 12.8 Å². The molecular weight excluding hydrogens is 172 g/mol. The molecule has 0 aliphatic carbocycles. The second kappa shape index (κ2) is 4.14. The van der Waals surface area contributed by atoms with Crippen LogP contribution in [0.25, 0.3) is 0 Å². The molecule has 1 heterocycles. The molecule has 0 spiro atoms. The fourth-order valence-electron chi connectivity index (χ4n) is 1.56. The molecule has 0 amide bonds. The number of aryl methyl sites for hydroxylation is 3. The molecule has 0 unspecified atom stereocenters. The average Bonchev–Trinajstić information content (AvgIpc) is 2.63. The minimum Gasteiger partial charge on any atom is -0.469 e. The van der Waals surface area contributed by atoms with Gasteiger partial charge in [-0.05, 0) is 30.5 Å². The van der Waals surface area contributed by atoms with Gasteiger partial charge in [-0.25, -0.2) is 0 Å². The Morgan fingerprint density at radius 2 is 1.79 bits per heavy atom. The van der Waals surface area contributed by atoms with Crippen LogP contribution >= 0.6 is 0 Å². The maximum Gasteiger partial charge on any atom is 0.106 e. The Morgan fingerprint density at radius 1 is 1.00 bits per heavy atom. The van der Waals surface area contributed by atoms with E-state index in [4.69, 9.17) is 4.42 Å². The van der Waals surface area contributed by atoms with Crippen LogP contribution < -0.4 is 0 Å². The zero-order valence-electron chi connectivity index (χ0n) is 8.36. The number of hydrogen-bond donors (Lipinski definition) is 0. The van der Waals surface area contributed by atoms with Gasteiger partial charge in [0, 0.05) is 6.42 Å². The highest BCUT2D eigenvalue weighted by Crippen LogP contribution is 2.12. The van der Waals surface area contributed by atoms with Crippen LogP contribution in [0.4, 0.5) is 0 Å². The summed E-state index contributed by atoms with van der Waals surface area (Å²) in [7, 11) is 0. The van der Waals surface area contributed by atoms with Crippen LogP contribution in [0.5, 0.6) is 0 Å². The highest BCUT2D eigenvalue weighted by molar-refractivity contribution is 5.19. The van der Waals surface area contributed by atoms with Crippen molar-refractivity contribution < 1.29 is 4.42 Å². The molecule has 0 aliphatic heterocycles. The molecule has 0 saturated heterocycles. The van der Waals surface area contributed by atoms with Crippen LogP contribution in [0.15, 0.2) is 47.1 Å². The average molecular weight is 186 g/mol. The monoisotopic (exact) mass is 186 g/mol. The molecule has 0 N–H and O–H groups in total. The highest BCUT2D eigenvalue weighted by Gasteiger charge is 2.01. The lowest BCUT2D eigenvalue weighted by molar-refractivity contribution is 0.506. The third kappa shape index (κ3) is 2.05. The van der Waals surface area contributed by atoms with Gasteiger partial charge in [0.25, 0.3) is 0 Å². The predicted octanol–water partition coefficient (Wildman–Crippen LogP) is 3.37. The van der Waals surface area contributed by atoms with Gasteiger partial charge in [-0.2, -0.15) is 0 Å². The Labute approximate surface area is 84.4 Å². The Morgan fingerprint density at radius 3 is 2.43 bits per heavy atom. The standard InChI is InChI=1S/C13H14O/c1-11-9-10-14-13(11)8-7-12-5-3-2-4-6-12/h2-6,9-10H,7-8H2,1H3. The Hall–Kier alpha value is -1.50. The SMILES string of the molecule is Cc1ccoc1CCc1ccccc1. The van der Waals surface area contributed by atoms with E-state index < -0.39 is 0 Å². The van der Waals surface area contributed by atoms with Crippen molar-refractivity contribution in [3.8, 4) is 0 Å². The third-order valence-corrected chi connectivity index (χ3v) is 2.45. The van der Waals surface area contributed by atoms with E-state index in [1.165, 1.54) is 11.1 Å². The first-order chi connectivity index (χ1) is 6.86. The van der Waals surface area contributed by atoms with Gasteiger partial charge in [0.2, 0.25) is 0 Å². The molecule has 1 heteroatoms. The van der Waals surface area contributed by atoms with Crippen molar-refractivity contribution in [1.82, 2.24) is 0 Å². The van der Waals surface area contributed by atoms with E-state index in [-0.39, 0.29) is 0 Å². The first-order valence-corrected chi connectivity index (χ1v) is 4.93. The van der Waals surface area contributed by atoms with Crippen LogP contribution in [0.2, 0.25) is 0 Å². The van der Waals surface area contributed by atoms with Crippen LogP contribution in [0.1, 0.15) is 16.9 Å². The number of hydrogen-bond acceptors (Lipinski definition) is 1. The minimum absolute atomic E-state index is 0.989. The first-order valence-electron chi connectivity index (χ1n) is 4.93. The molecular formula is C13H14O. The molecule has 72 valence electrons. The van der Waals surface area contributed by atoms with Crippen LogP contribution in [-0.4, -0.2) is 0 Å². The van der Waals surface area contributed by atoms with Crippen molar-refractivity contribution in [3.63, 3.8) is 0 Å². The fraction of sp³-hybridized carbons (Fsp3) is 0.231. The lowest BCUT2D eigenvalue weighted by atomic mass is 10.1. The fourth-order valence-corrected chi connectivity index (χ4v) is 1.56. The Bertz CT molecular complexity index is 387. The van der Waals surface area contributed by atoms with Crippen molar-refractivity contribution >= 4 is 0 Å². The molecule has 0 aliphatic rings. The van der Waals surface area contributed by atoms with Crippen molar-refractivity contribution in [1.29, 1.82) is 0 Å². The van der Waals surface area contributed by atoms with Gasteiger partial charge >= 0.3 is 0 Å². The summed E-state index contributed by atoms with van der Waals surface area (Å²) < 4.78 is 5.39. The van der Waals surface area contributed by atoms with Crippen molar-refractivity contribution in [3.05, 3.63) is 59.5 Å². The quantitative estimate of drug-likeness (QED) is 0.716. The van der Waals surface area contributed by atoms with Crippen molar-refractivity contribution in [2.24, 2.45) is 0 Å². The summed E-state index contributed by atoms with van der Waals surface area (Å²) >= 11 is 0. The van der Waals surface area contributed by atoms with E-state index >= 15 is 0 Å². The van der Waals surface area contributed by atoms with Crippen molar-refractivity contribution in [2.75, 3.05) is 0 Å². The summed E-state index contributed by atoms with van der Waals surface area (Å²) in [6.45, 7) is 2.09. The second-order valence-corrected chi connectivity index (χ2v) is 3.51. The van der Waals surface area contributed by atoms with Gasteiger partial charge in [0.15, 0.2) is 0 Å². The predicted molar refractivity (Wildman–Crippen MR) is 57.3 cm³/mol. The lowest BCUT2D eigenvalue weighted by Crippen LogP contribution is -1.90. The topological polar surface area (TPSA) is 13.1 Å². The summed E-state index contributed by atoms with van der Waals surface area (Å²) in [6, 6.07) is 12.5. The first kappa shape index (κ1) is 9.07. The molecule has 2 rings (SSSR count). The zero-order valence-corrected chi connectivity index (χ0v) is 8.36. The van der Waals surface area contributed by atoms with Gasteiger partial charge in [0.05, 0.1) is 6.26 Å². The van der Waals surface area contributed by atoms with Gasteiger partial charge < -0.3 is 4.42 Å². The number of rotatable bonds is 3. The molecule has 0 atom stereocenters.